The van der Waals surface area contributed by atoms with Crippen molar-refractivity contribution in [2.45, 2.75) is 45.9 Å². The van der Waals surface area contributed by atoms with Crippen LogP contribution < -0.4 is 15.3 Å². The highest BCUT2D eigenvalue weighted by Gasteiger charge is 2.37. The molecular formula is C23H30ClN6O6P. The molecule has 3 heterocycles. The highest BCUT2D eigenvalue weighted by atomic mass is 35.5. The molecule has 1 saturated heterocycles. The van der Waals surface area contributed by atoms with E-state index in [1.807, 2.05) is 18.4 Å². The van der Waals surface area contributed by atoms with Crippen LogP contribution in [0.25, 0.3) is 11.2 Å². The van der Waals surface area contributed by atoms with Gasteiger partial charge in [-0.1, -0.05) is 25.4 Å². The van der Waals surface area contributed by atoms with Crippen molar-refractivity contribution in [2.75, 3.05) is 25.5 Å². The molecule has 4 unspecified atom stereocenters. The topological polar surface area (TPSA) is 153 Å². The van der Waals surface area contributed by atoms with E-state index in [2.05, 4.69) is 20.0 Å². The van der Waals surface area contributed by atoms with Crippen molar-refractivity contribution >= 4 is 42.4 Å². The molecule has 1 aliphatic rings. The molecule has 3 aromatic rings. The number of nitrogens with two attached hydrogens (primary N) is 1. The standard InChI is InChI=1S/C23H30ClN6O6P/c1-4-19(31)33-10-9-27-37(32,36-17-7-5-16(24)6-8-17)34-12-18-11-14(2)22(35-18)30-13-26-20-15(3)28-23(25)29-21(20)30/h5-8,13-14,18,22H,4,9-12H2,1-3H3,(H,27,32)(H2,25,28,29). The molecule has 0 aliphatic carbocycles. The first kappa shape index (κ1) is 27.3. The smallest absolute Gasteiger partial charge is 0.458 e. The van der Waals surface area contributed by atoms with Gasteiger partial charge in [0.05, 0.1) is 24.7 Å². The lowest BCUT2D eigenvalue weighted by Crippen LogP contribution is -2.25. The molecule has 2 aromatic heterocycles. The maximum absolute atomic E-state index is 13.5. The van der Waals surface area contributed by atoms with Gasteiger partial charge in [0.15, 0.2) is 5.65 Å². The minimum Gasteiger partial charge on any atom is -0.464 e. The predicted molar refractivity (Wildman–Crippen MR) is 137 cm³/mol. The van der Waals surface area contributed by atoms with Crippen molar-refractivity contribution in [3.8, 4) is 5.75 Å². The van der Waals surface area contributed by atoms with Gasteiger partial charge in [-0.3, -0.25) is 13.9 Å². The number of halogens is 1. The van der Waals surface area contributed by atoms with Crippen LogP contribution in [0.1, 0.15) is 38.6 Å². The van der Waals surface area contributed by atoms with Crippen LogP contribution in [0.3, 0.4) is 0 Å². The molecule has 0 saturated carbocycles. The van der Waals surface area contributed by atoms with Crippen molar-refractivity contribution in [2.24, 2.45) is 5.92 Å². The number of rotatable bonds is 11. The second-order valence-electron chi connectivity index (χ2n) is 8.67. The molecule has 0 radical (unpaired) electrons. The highest BCUT2D eigenvalue weighted by molar-refractivity contribution is 7.52. The zero-order valence-corrected chi connectivity index (χ0v) is 22.4. The Bertz CT molecular complexity index is 1290. The second kappa shape index (κ2) is 11.7. The van der Waals surface area contributed by atoms with E-state index in [4.69, 9.17) is 35.9 Å². The number of aryl methyl sites for hydroxylation is 1. The largest absolute Gasteiger partial charge is 0.464 e. The van der Waals surface area contributed by atoms with E-state index in [0.717, 1.165) is 0 Å². The third-order valence-electron chi connectivity index (χ3n) is 5.77. The van der Waals surface area contributed by atoms with E-state index in [-0.39, 0.29) is 56.3 Å². The number of fused-ring (bicyclic) bond motifs is 1. The fourth-order valence-electron chi connectivity index (χ4n) is 4.00. The number of esters is 1. The highest BCUT2D eigenvalue weighted by Crippen LogP contribution is 2.46. The summed E-state index contributed by atoms with van der Waals surface area (Å²) >= 11 is 5.94. The number of hydrogen-bond acceptors (Lipinski definition) is 10. The fraction of sp³-hybridized carbons (Fsp3) is 0.478. The molecule has 37 heavy (non-hydrogen) atoms. The monoisotopic (exact) mass is 552 g/mol. The summed E-state index contributed by atoms with van der Waals surface area (Å²) in [4.78, 5) is 24.3. The first-order chi connectivity index (χ1) is 17.7. The van der Waals surface area contributed by atoms with Crippen molar-refractivity contribution in [1.29, 1.82) is 0 Å². The zero-order chi connectivity index (χ0) is 26.6. The summed E-state index contributed by atoms with van der Waals surface area (Å²) in [6, 6.07) is 6.40. The van der Waals surface area contributed by atoms with Gasteiger partial charge in [-0.2, -0.15) is 4.98 Å². The summed E-state index contributed by atoms with van der Waals surface area (Å²) in [5.74, 6) is 0.195. The lowest BCUT2D eigenvalue weighted by molar-refractivity contribution is -0.143. The van der Waals surface area contributed by atoms with Gasteiger partial charge in [-0.25, -0.2) is 19.6 Å². The first-order valence-corrected chi connectivity index (χ1v) is 13.8. The minimum absolute atomic E-state index is 0.00373. The number of imidazole rings is 1. The summed E-state index contributed by atoms with van der Waals surface area (Å²) < 4.78 is 38.1. The third-order valence-corrected chi connectivity index (χ3v) is 7.57. The quantitative estimate of drug-likeness (QED) is 0.201. The van der Waals surface area contributed by atoms with Crippen LogP contribution in [-0.2, 0) is 23.4 Å². The summed E-state index contributed by atoms with van der Waals surface area (Å²) in [5, 5.41) is 3.26. The van der Waals surface area contributed by atoms with E-state index in [1.165, 1.54) is 0 Å². The Morgan fingerprint density at radius 1 is 1.32 bits per heavy atom. The Hall–Kier alpha value is -2.76. The molecule has 200 valence electrons. The average molecular weight is 553 g/mol. The molecule has 4 rings (SSSR count). The van der Waals surface area contributed by atoms with Crippen LogP contribution in [-0.4, -0.2) is 51.4 Å². The Balaban J connectivity index is 1.43. The Labute approximate surface area is 219 Å². The van der Waals surface area contributed by atoms with Crippen LogP contribution in [0, 0.1) is 12.8 Å². The number of carbonyl (C=O) groups is 1. The van der Waals surface area contributed by atoms with E-state index >= 15 is 0 Å². The van der Waals surface area contributed by atoms with Gasteiger partial charge in [0.2, 0.25) is 5.95 Å². The molecule has 1 aromatic carbocycles. The average Bonchev–Trinajstić information content (AvgIpc) is 3.45. The summed E-state index contributed by atoms with van der Waals surface area (Å²) in [5.41, 5.74) is 7.77. The number of anilines is 1. The molecule has 14 heteroatoms. The molecule has 0 bridgehead atoms. The van der Waals surface area contributed by atoms with Gasteiger partial charge in [-0.05, 0) is 37.6 Å². The molecule has 4 atom stereocenters. The minimum atomic E-state index is -3.85. The van der Waals surface area contributed by atoms with Crippen LogP contribution in [0.15, 0.2) is 30.6 Å². The number of nitrogens with one attached hydrogen (secondary N) is 1. The lowest BCUT2D eigenvalue weighted by atomic mass is 10.1. The van der Waals surface area contributed by atoms with Crippen LogP contribution >= 0.6 is 19.3 Å². The molecule has 0 spiro atoms. The third kappa shape index (κ3) is 6.77. The predicted octanol–water partition coefficient (Wildman–Crippen LogP) is 4.04. The lowest BCUT2D eigenvalue weighted by Gasteiger charge is -2.22. The molecule has 0 amide bonds. The molecule has 1 fully saturated rings. The zero-order valence-electron chi connectivity index (χ0n) is 20.8. The molecule has 12 nitrogen and oxygen atoms in total. The fourth-order valence-corrected chi connectivity index (χ4v) is 5.46. The van der Waals surface area contributed by atoms with Crippen molar-refractivity contribution < 1.29 is 27.9 Å². The van der Waals surface area contributed by atoms with Crippen LogP contribution in [0.2, 0.25) is 5.02 Å². The van der Waals surface area contributed by atoms with Crippen molar-refractivity contribution in [3.05, 3.63) is 41.3 Å². The summed E-state index contributed by atoms with van der Waals surface area (Å²) in [6.45, 7) is 5.64. The Morgan fingerprint density at radius 2 is 2.08 bits per heavy atom. The second-order valence-corrected chi connectivity index (χ2v) is 10.9. The molecule has 3 N–H and O–H groups in total. The van der Waals surface area contributed by atoms with Crippen molar-refractivity contribution in [3.63, 3.8) is 0 Å². The van der Waals surface area contributed by atoms with Gasteiger partial charge in [0, 0.05) is 23.9 Å². The van der Waals surface area contributed by atoms with Gasteiger partial charge >= 0.3 is 13.7 Å². The molecular weight excluding hydrogens is 523 g/mol. The van der Waals surface area contributed by atoms with E-state index in [9.17, 15) is 9.36 Å². The Kier molecular flexibility index (Phi) is 8.66. The number of nitrogens with zero attached hydrogens (tertiary/aromatic N) is 4. The van der Waals surface area contributed by atoms with E-state index in [0.29, 0.717) is 34.1 Å². The Morgan fingerprint density at radius 3 is 2.81 bits per heavy atom. The number of aromatic nitrogens is 4. The number of benzene rings is 1. The van der Waals surface area contributed by atoms with Crippen LogP contribution in [0.4, 0.5) is 5.95 Å². The normalized spacial score (nSPS) is 21.1. The number of hydrogen-bond donors (Lipinski definition) is 2. The van der Waals surface area contributed by atoms with Gasteiger partial charge in [-0.15, -0.1) is 0 Å². The summed E-state index contributed by atoms with van der Waals surface area (Å²) in [6.07, 6.45) is 1.80. The van der Waals surface area contributed by atoms with Crippen molar-refractivity contribution in [1.82, 2.24) is 24.6 Å². The van der Waals surface area contributed by atoms with Gasteiger partial charge in [0.1, 0.15) is 24.1 Å². The number of nitrogen functional groups attached to an aromatic ring is 1. The molecule has 1 aliphatic heterocycles. The summed E-state index contributed by atoms with van der Waals surface area (Å²) in [7, 11) is -3.85. The van der Waals surface area contributed by atoms with Gasteiger partial charge < -0.3 is 19.7 Å². The number of carbonyl (C=O) groups excluding carboxylic acids is 1. The van der Waals surface area contributed by atoms with E-state index < -0.39 is 7.75 Å². The maximum Gasteiger partial charge on any atom is 0.458 e. The van der Waals surface area contributed by atoms with Gasteiger partial charge in [0.25, 0.3) is 0 Å². The van der Waals surface area contributed by atoms with Crippen LogP contribution in [0.5, 0.6) is 5.75 Å². The number of ether oxygens (including phenoxy) is 2. The van der Waals surface area contributed by atoms with E-state index in [1.54, 1.807) is 37.5 Å². The first-order valence-electron chi connectivity index (χ1n) is 11.9. The maximum atomic E-state index is 13.5. The SMILES string of the molecule is CCC(=O)OCCNP(=O)(OCC1CC(C)C(n2cnc3c(C)nc(N)nc32)O1)Oc1ccc(Cl)cc1.